The lowest BCUT2D eigenvalue weighted by Gasteiger charge is -2.26. The minimum Gasteiger partial charge on any atom is -0.491 e. The third-order valence-corrected chi connectivity index (χ3v) is 5.84. The van der Waals surface area contributed by atoms with Crippen LogP contribution >= 0.6 is 11.6 Å². The van der Waals surface area contributed by atoms with Crippen molar-refractivity contribution in [3.8, 4) is 5.75 Å². The van der Waals surface area contributed by atoms with E-state index in [1.807, 2.05) is 6.07 Å². The second-order valence-corrected chi connectivity index (χ2v) is 8.55. The second-order valence-electron chi connectivity index (χ2n) is 6.55. The van der Waals surface area contributed by atoms with E-state index in [0.717, 1.165) is 10.9 Å². The number of primary sulfonamides is 1. The molecule has 0 saturated carbocycles. The lowest BCUT2D eigenvalue weighted by atomic mass is 10.1. The van der Waals surface area contributed by atoms with Crippen LogP contribution in [0.5, 0.6) is 5.75 Å². The van der Waals surface area contributed by atoms with Gasteiger partial charge in [-0.2, -0.15) is 0 Å². The number of ether oxygens (including phenoxy) is 1. The van der Waals surface area contributed by atoms with Gasteiger partial charge in [0.05, 0.1) is 12.6 Å². The fourth-order valence-electron chi connectivity index (χ4n) is 3.29. The zero-order valence-corrected chi connectivity index (χ0v) is 16.4. The number of nitrogens with two attached hydrogens (primary N) is 1. The molecule has 0 radical (unpaired) electrons. The van der Waals surface area contributed by atoms with E-state index in [9.17, 15) is 13.2 Å². The van der Waals surface area contributed by atoms with Crippen molar-refractivity contribution in [2.75, 3.05) is 6.61 Å². The molecule has 1 atom stereocenters. The smallest absolute Gasteiger partial charge is 0.268 e. The predicted molar refractivity (Wildman–Crippen MR) is 104 cm³/mol. The number of carbonyl (C=O) groups excluding carboxylic acids is 1. The first-order valence-electron chi connectivity index (χ1n) is 8.45. The molecule has 1 aromatic carbocycles. The lowest BCUT2D eigenvalue weighted by molar-refractivity contribution is 0.0915. The standard InChI is InChI=1S/C18H17ClN4O4S/c1-23-14-7-11(19)3-2-10(14)6-15(23)18(24)22-13-4-5-27-16-8-12(28(20,25)26)9-21-17(13)16/h2-3,6-9,13H,4-5H2,1H3,(H,22,24)(H2,20,25,26). The molecule has 0 saturated heterocycles. The van der Waals surface area contributed by atoms with Gasteiger partial charge in [0, 0.05) is 41.7 Å². The fraction of sp³-hybridized carbons (Fsp3) is 0.222. The summed E-state index contributed by atoms with van der Waals surface area (Å²) in [5.74, 6) is 0.0249. The molecule has 1 aliphatic heterocycles. The number of aromatic nitrogens is 2. The minimum absolute atomic E-state index is 0.135. The highest BCUT2D eigenvalue weighted by atomic mass is 35.5. The molecule has 0 aliphatic carbocycles. The van der Waals surface area contributed by atoms with Crippen molar-refractivity contribution in [1.29, 1.82) is 0 Å². The summed E-state index contributed by atoms with van der Waals surface area (Å²) in [6, 6.07) is 8.13. The molecule has 3 N–H and O–H groups in total. The van der Waals surface area contributed by atoms with Crippen LogP contribution in [0.4, 0.5) is 0 Å². The van der Waals surface area contributed by atoms with Crippen LogP contribution in [0, 0.1) is 0 Å². The van der Waals surface area contributed by atoms with E-state index in [2.05, 4.69) is 10.3 Å². The van der Waals surface area contributed by atoms with Gasteiger partial charge in [-0.25, -0.2) is 13.6 Å². The molecule has 3 heterocycles. The molecular weight excluding hydrogens is 404 g/mol. The summed E-state index contributed by atoms with van der Waals surface area (Å²) < 4.78 is 30.3. The highest BCUT2D eigenvalue weighted by molar-refractivity contribution is 7.89. The van der Waals surface area contributed by atoms with Crippen molar-refractivity contribution in [2.45, 2.75) is 17.4 Å². The van der Waals surface area contributed by atoms with E-state index in [0.29, 0.717) is 35.2 Å². The molecule has 4 rings (SSSR count). The quantitative estimate of drug-likeness (QED) is 0.673. The third kappa shape index (κ3) is 3.32. The summed E-state index contributed by atoms with van der Waals surface area (Å²) in [5.41, 5.74) is 1.79. The van der Waals surface area contributed by atoms with E-state index in [-0.39, 0.29) is 10.8 Å². The second kappa shape index (κ2) is 6.77. The van der Waals surface area contributed by atoms with Crippen LogP contribution in [0.3, 0.4) is 0 Å². The summed E-state index contributed by atoms with van der Waals surface area (Å²) in [7, 11) is -2.09. The molecule has 146 valence electrons. The molecule has 1 aliphatic rings. The largest absolute Gasteiger partial charge is 0.491 e. The Morgan fingerprint density at radius 3 is 2.89 bits per heavy atom. The molecule has 1 unspecified atom stereocenters. The molecule has 10 heteroatoms. The third-order valence-electron chi connectivity index (χ3n) is 4.72. The number of nitrogens with one attached hydrogen (secondary N) is 1. The van der Waals surface area contributed by atoms with Crippen LogP contribution < -0.4 is 15.2 Å². The van der Waals surface area contributed by atoms with Crippen LogP contribution in [0.25, 0.3) is 10.9 Å². The summed E-state index contributed by atoms with van der Waals surface area (Å²) in [6.07, 6.45) is 1.68. The zero-order chi connectivity index (χ0) is 20.1. The summed E-state index contributed by atoms with van der Waals surface area (Å²) in [5, 5.41) is 9.58. The van der Waals surface area contributed by atoms with Crippen LogP contribution in [-0.4, -0.2) is 30.5 Å². The number of fused-ring (bicyclic) bond motifs is 2. The Morgan fingerprint density at radius 2 is 2.14 bits per heavy atom. The average molecular weight is 421 g/mol. The molecule has 3 aromatic rings. The maximum atomic E-state index is 12.9. The zero-order valence-electron chi connectivity index (χ0n) is 14.8. The van der Waals surface area contributed by atoms with Crippen molar-refractivity contribution in [3.05, 3.63) is 52.9 Å². The van der Waals surface area contributed by atoms with Crippen LogP contribution in [0.2, 0.25) is 5.02 Å². The van der Waals surface area contributed by atoms with Gasteiger partial charge in [0.15, 0.2) is 0 Å². The normalized spacial score (nSPS) is 16.5. The Hall–Kier alpha value is -2.62. The lowest BCUT2D eigenvalue weighted by Crippen LogP contribution is -2.34. The molecule has 0 bridgehead atoms. The Kier molecular flexibility index (Phi) is 4.53. The number of amides is 1. The molecule has 0 fully saturated rings. The number of nitrogens with zero attached hydrogens (tertiary/aromatic N) is 2. The number of benzene rings is 1. The van der Waals surface area contributed by atoms with Gasteiger partial charge >= 0.3 is 0 Å². The first kappa shape index (κ1) is 18.7. The number of hydrogen-bond acceptors (Lipinski definition) is 5. The molecule has 28 heavy (non-hydrogen) atoms. The SMILES string of the molecule is Cn1c(C(=O)NC2CCOc3cc(S(N)(=O)=O)cnc32)cc2ccc(Cl)cc21. The Labute approximate surface area is 166 Å². The van der Waals surface area contributed by atoms with Gasteiger partial charge < -0.3 is 14.6 Å². The van der Waals surface area contributed by atoms with Crippen molar-refractivity contribution in [2.24, 2.45) is 12.2 Å². The number of sulfonamides is 1. The van der Waals surface area contributed by atoms with Gasteiger partial charge in [-0.1, -0.05) is 17.7 Å². The highest BCUT2D eigenvalue weighted by Crippen LogP contribution is 2.32. The monoisotopic (exact) mass is 420 g/mol. The summed E-state index contributed by atoms with van der Waals surface area (Å²) in [4.78, 5) is 16.9. The molecular formula is C18H17ClN4O4S. The molecule has 1 amide bonds. The Bertz CT molecular complexity index is 1210. The molecule has 2 aromatic heterocycles. The van der Waals surface area contributed by atoms with Gasteiger partial charge in [-0.3, -0.25) is 9.78 Å². The number of pyridine rings is 1. The predicted octanol–water partition coefficient (Wildman–Crippen LogP) is 2.13. The summed E-state index contributed by atoms with van der Waals surface area (Å²) in [6.45, 7) is 0.318. The van der Waals surface area contributed by atoms with Gasteiger partial charge in [0.1, 0.15) is 22.0 Å². The highest BCUT2D eigenvalue weighted by Gasteiger charge is 2.27. The number of carbonyl (C=O) groups is 1. The van der Waals surface area contributed by atoms with Crippen molar-refractivity contribution in [3.63, 3.8) is 0 Å². The Balaban J connectivity index is 1.64. The number of aryl methyl sites for hydroxylation is 1. The van der Waals surface area contributed by atoms with Crippen LogP contribution in [-0.2, 0) is 17.1 Å². The first-order valence-corrected chi connectivity index (χ1v) is 10.4. The van der Waals surface area contributed by atoms with E-state index >= 15 is 0 Å². The van der Waals surface area contributed by atoms with Gasteiger partial charge in [0.2, 0.25) is 10.0 Å². The van der Waals surface area contributed by atoms with Crippen molar-refractivity contribution in [1.82, 2.24) is 14.9 Å². The number of rotatable bonds is 3. The molecule has 8 nitrogen and oxygen atoms in total. The minimum atomic E-state index is -3.89. The van der Waals surface area contributed by atoms with Gasteiger partial charge in [-0.15, -0.1) is 0 Å². The van der Waals surface area contributed by atoms with Crippen molar-refractivity contribution < 1.29 is 17.9 Å². The van der Waals surface area contributed by atoms with Gasteiger partial charge in [0.25, 0.3) is 5.91 Å². The average Bonchev–Trinajstić information content (AvgIpc) is 2.97. The number of halogens is 1. The van der Waals surface area contributed by atoms with E-state index in [1.54, 1.807) is 29.8 Å². The maximum Gasteiger partial charge on any atom is 0.268 e. The van der Waals surface area contributed by atoms with E-state index in [4.69, 9.17) is 21.5 Å². The topological polar surface area (TPSA) is 116 Å². The van der Waals surface area contributed by atoms with E-state index < -0.39 is 16.1 Å². The maximum absolute atomic E-state index is 12.9. The Morgan fingerprint density at radius 1 is 1.36 bits per heavy atom. The molecule has 0 spiro atoms. The van der Waals surface area contributed by atoms with Crippen molar-refractivity contribution >= 4 is 38.4 Å². The fourth-order valence-corrected chi connectivity index (χ4v) is 3.92. The van der Waals surface area contributed by atoms with Crippen LogP contribution in [0.1, 0.15) is 28.6 Å². The van der Waals surface area contributed by atoms with Gasteiger partial charge in [-0.05, 0) is 18.2 Å². The van der Waals surface area contributed by atoms with E-state index in [1.165, 1.54) is 12.3 Å². The number of hydrogen-bond donors (Lipinski definition) is 2. The van der Waals surface area contributed by atoms with Crippen LogP contribution in [0.15, 0.2) is 41.4 Å². The first-order chi connectivity index (χ1) is 13.2. The summed E-state index contributed by atoms with van der Waals surface area (Å²) >= 11 is 6.05.